The highest BCUT2D eigenvalue weighted by atomic mass is 79.9. The quantitative estimate of drug-likeness (QED) is 0.898. The van der Waals surface area contributed by atoms with Gasteiger partial charge in [0.1, 0.15) is 0 Å². The average Bonchev–Trinajstić information content (AvgIpc) is 2.73. The first-order chi connectivity index (χ1) is 9.20. The lowest BCUT2D eigenvalue weighted by atomic mass is 9.76. The summed E-state index contributed by atoms with van der Waals surface area (Å²) in [7, 11) is 0. The van der Waals surface area contributed by atoms with E-state index in [4.69, 9.17) is 0 Å². The van der Waals surface area contributed by atoms with Crippen LogP contribution >= 0.6 is 27.3 Å². The Hall–Kier alpha value is -0.910. The predicted molar refractivity (Wildman–Crippen MR) is 81.7 cm³/mol. The average molecular weight is 339 g/mol. The van der Waals surface area contributed by atoms with Crippen LogP contribution in [-0.2, 0) is 6.54 Å². The van der Waals surface area contributed by atoms with Gasteiger partial charge in [0.05, 0.1) is 0 Å². The first-order valence-corrected chi connectivity index (χ1v) is 8.03. The Morgan fingerprint density at radius 1 is 1.42 bits per heavy atom. The van der Waals surface area contributed by atoms with Gasteiger partial charge in [0, 0.05) is 28.1 Å². The largest absolute Gasteiger partial charge is 0.315 e. The summed E-state index contributed by atoms with van der Waals surface area (Å²) in [4.78, 5) is 13.9. The van der Waals surface area contributed by atoms with Crippen LogP contribution in [0, 0.1) is 0 Å². The molecule has 0 unspecified atom stereocenters. The molecule has 2 aromatic rings. The zero-order chi connectivity index (χ0) is 13.2. The van der Waals surface area contributed by atoms with Gasteiger partial charge in [-0.15, -0.1) is 0 Å². The highest BCUT2D eigenvalue weighted by Crippen LogP contribution is 2.37. The summed E-state index contributed by atoms with van der Waals surface area (Å²) < 4.78 is 1.15. The Morgan fingerprint density at radius 3 is 2.95 bits per heavy atom. The van der Waals surface area contributed by atoms with Crippen LogP contribution < -0.4 is 10.2 Å². The van der Waals surface area contributed by atoms with Crippen molar-refractivity contribution in [2.75, 3.05) is 0 Å². The number of hydrogen-bond donors (Lipinski definition) is 2. The Balaban J connectivity index is 1.49. The third kappa shape index (κ3) is 3.16. The molecule has 1 aromatic carbocycles. The molecule has 0 saturated heterocycles. The minimum Gasteiger partial charge on any atom is -0.315 e. The molecule has 1 saturated carbocycles. The molecule has 1 heterocycles. The fraction of sp³-hybridized carbons (Fsp3) is 0.357. The second-order valence-corrected chi connectivity index (χ2v) is 6.73. The van der Waals surface area contributed by atoms with Crippen LogP contribution in [0.5, 0.6) is 0 Å². The van der Waals surface area contributed by atoms with E-state index in [1.807, 2.05) is 5.38 Å². The summed E-state index contributed by atoms with van der Waals surface area (Å²) in [5, 5.41) is 5.38. The highest BCUT2D eigenvalue weighted by Gasteiger charge is 2.29. The van der Waals surface area contributed by atoms with E-state index in [9.17, 15) is 4.79 Å². The number of aromatic amines is 1. The van der Waals surface area contributed by atoms with Crippen LogP contribution in [0.25, 0.3) is 0 Å². The number of halogens is 1. The van der Waals surface area contributed by atoms with Gasteiger partial charge in [-0.1, -0.05) is 39.4 Å². The molecule has 0 radical (unpaired) electrons. The number of aromatic nitrogens is 1. The zero-order valence-electron chi connectivity index (χ0n) is 10.4. The van der Waals surface area contributed by atoms with Crippen molar-refractivity contribution in [2.45, 2.75) is 31.3 Å². The third-order valence-corrected chi connectivity index (χ3v) is 4.82. The molecule has 1 aliphatic rings. The predicted octanol–water partition coefficient (Wildman–Crippen LogP) is 3.23. The Kier molecular flexibility index (Phi) is 3.86. The van der Waals surface area contributed by atoms with Gasteiger partial charge in [0.2, 0.25) is 0 Å². The van der Waals surface area contributed by atoms with E-state index in [1.54, 1.807) is 0 Å². The summed E-state index contributed by atoms with van der Waals surface area (Å²) in [5.41, 5.74) is 2.40. The topological polar surface area (TPSA) is 44.9 Å². The second-order valence-electron chi connectivity index (χ2n) is 4.97. The Morgan fingerprint density at radius 2 is 2.26 bits per heavy atom. The fourth-order valence-electron chi connectivity index (χ4n) is 2.47. The summed E-state index contributed by atoms with van der Waals surface area (Å²) in [5.74, 6) is 0.663. The number of H-pyrrole nitrogens is 1. The van der Waals surface area contributed by atoms with Crippen LogP contribution in [0.4, 0.5) is 0 Å². The lowest BCUT2D eigenvalue weighted by Crippen LogP contribution is -2.39. The van der Waals surface area contributed by atoms with Crippen LogP contribution in [-0.4, -0.2) is 11.0 Å². The van der Waals surface area contributed by atoms with Crippen LogP contribution in [0.1, 0.15) is 30.0 Å². The summed E-state index contributed by atoms with van der Waals surface area (Å²) in [6, 6.07) is 9.12. The fourth-order valence-corrected chi connectivity index (χ4v) is 3.47. The third-order valence-electron chi connectivity index (χ3n) is 3.61. The SMILES string of the molecule is O=c1[nH]c(CNC2CC(c3cccc(Br)c3)C2)cs1. The van der Waals surface area contributed by atoms with Crippen molar-refractivity contribution < 1.29 is 0 Å². The highest BCUT2D eigenvalue weighted by molar-refractivity contribution is 9.10. The smallest absolute Gasteiger partial charge is 0.304 e. The van der Waals surface area contributed by atoms with Crippen molar-refractivity contribution in [1.82, 2.24) is 10.3 Å². The van der Waals surface area contributed by atoms with Crippen molar-refractivity contribution in [3.63, 3.8) is 0 Å². The summed E-state index contributed by atoms with van der Waals surface area (Å²) in [6.45, 7) is 0.759. The Bertz CT molecular complexity index is 616. The molecule has 1 aromatic heterocycles. The van der Waals surface area contributed by atoms with Gasteiger partial charge < -0.3 is 10.3 Å². The van der Waals surface area contributed by atoms with Crippen molar-refractivity contribution >= 4 is 27.3 Å². The molecule has 19 heavy (non-hydrogen) atoms. The first-order valence-electron chi connectivity index (χ1n) is 6.36. The Labute approximate surface area is 124 Å². The van der Waals surface area contributed by atoms with Crippen LogP contribution in [0.2, 0.25) is 0 Å². The maximum Gasteiger partial charge on any atom is 0.304 e. The second kappa shape index (κ2) is 5.61. The summed E-state index contributed by atoms with van der Waals surface area (Å²) in [6.07, 6.45) is 2.34. The van der Waals surface area contributed by atoms with Crippen molar-refractivity contribution in [3.8, 4) is 0 Å². The molecule has 3 rings (SSSR count). The van der Waals surface area contributed by atoms with Gasteiger partial charge in [0.15, 0.2) is 0 Å². The number of hydrogen-bond acceptors (Lipinski definition) is 3. The van der Waals surface area contributed by atoms with E-state index in [1.165, 1.54) is 29.7 Å². The van der Waals surface area contributed by atoms with Crippen molar-refractivity contribution in [2.24, 2.45) is 0 Å². The van der Waals surface area contributed by atoms with E-state index in [-0.39, 0.29) is 4.87 Å². The van der Waals surface area contributed by atoms with E-state index in [0.29, 0.717) is 12.0 Å². The van der Waals surface area contributed by atoms with Gasteiger partial charge in [-0.2, -0.15) is 0 Å². The molecule has 1 fully saturated rings. The zero-order valence-corrected chi connectivity index (χ0v) is 12.8. The molecule has 0 atom stereocenters. The minimum atomic E-state index is 0.0254. The monoisotopic (exact) mass is 338 g/mol. The van der Waals surface area contributed by atoms with E-state index in [0.717, 1.165) is 16.7 Å². The first kappa shape index (κ1) is 13.1. The van der Waals surface area contributed by atoms with E-state index in [2.05, 4.69) is 50.5 Å². The van der Waals surface area contributed by atoms with E-state index >= 15 is 0 Å². The number of rotatable bonds is 4. The van der Waals surface area contributed by atoms with Crippen molar-refractivity contribution in [1.29, 1.82) is 0 Å². The standard InChI is InChI=1S/C14H15BrN2OS/c15-11-3-1-2-9(4-11)10-5-12(6-10)16-7-13-8-19-14(18)17-13/h1-4,8,10,12,16H,5-7H2,(H,17,18). The molecule has 5 heteroatoms. The molecular formula is C14H15BrN2OS. The molecule has 3 nitrogen and oxygen atoms in total. The maximum atomic E-state index is 11.0. The molecule has 0 amide bonds. The number of thiazole rings is 1. The van der Waals surface area contributed by atoms with Gasteiger partial charge in [0.25, 0.3) is 0 Å². The lowest BCUT2D eigenvalue weighted by Gasteiger charge is -2.36. The molecule has 0 aliphatic heterocycles. The molecule has 0 bridgehead atoms. The maximum absolute atomic E-state index is 11.0. The lowest BCUT2D eigenvalue weighted by molar-refractivity contribution is 0.288. The summed E-state index contributed by atoms with van der Waals surface area (Å²) >= 11 is 4.74. The van der Waals surface area contributed by atoms with Gasteiger partial charge in [-0.25, -0.2) is 0 Å². The van der Waals surface area contributed by atoms with Crippen molar-refractivity contribution in [3.05, 3.63) is 55.0 Å². The molecule has 2 N–H and O–H groups in total. The molecule has 0 spiro atoms. The van der Waals surface area contributed by atoms with Crippen LogP contribution in [0.3, 0.4) is 0 Å². The molecule has 1 aliphatic carbocycles. The van der Waals surface area contributed by atoms with Gasteiger partial charge in [-0.05, 0) is 36.5 Å². The number of benzene rings is 1. The van der Waals surface area contributed by atoms with Gasteiger partial charge >= 0.3 is 4.87 Å². The van der Waals surface area contributed by atoms with Crippen LogP contribution in [0.15, 0.2) is 38.9 Å². The van der Waals surface area contributed by atoms with E-state index < -0.39 is 0 Å². The molecular weight excluding hydrogens is 324 g/mol. The van der Waals surface area contributed by atoms with Gasteiger partial charge in [-0.3, -0.25) is 4.79 Å². The molecule has 100 valence electrons. The number of nitrogens with one attached hydrogen (secondary N) is 2. The minimum absolute atomic E-state index is 0.0254. The normalized spacial score (nSPS) is 22.2.